The highest BCUT2D eigenvalue weighted by atomic mass is 16.5. The first-order chi connectivity index (χ1) is 4.72. The van der Waals surface area contributed by atoms with Crippen LogP contribution in [0.5, 0.6) is 0 Å². The average molecular weight is 143 g/mol. The van der Waals surface area contributed by atoms with Crippen molar-refractivity contribution in [1.29, 1.82) is 0 Å². The van der Waals surface area contributed by atoms with Crippen molar-refractivity contribution in [3.63, 3.8) is 0 Å². The van der Waals surface area contributed by atoms with E-state index in [0.717, 1.165) is 19.3 Å². The predicted molar refractivity (Wildman–Crippen MR) is 41.7 cm³/mol. The van der Waals surface area contributed by atoms with Crippen LogP contribution < -0.4 is 5.32 Å². The topological polar surface area (TPSA) is 21.3 Å². The quantitative estimate of drug-likeness (QED) is 0.596. The van der Waals surface area contributed by atoms with E-state index in [2.05, 4.69) is 26.1 Å². The summed E-state index contributed by atoms with van der Waals surface area (Å²) in [5.41, 5.74) is 0. The fourth-order valence-corrected chi connectivity index (χ4v) is 1.45. The predicted octanol–water partition coefficient (Wildman–Crippen LogP) is 1.22. The fourth-order valence-electron chi connectivity index (χ4n) is 1.45. The van der Waals surface area contributed by atoms with Crippen LogP contribution in [0.2, 0.25) is 0 Å². The largest absolute Gasteiger partial charge is 0.366 e. The Hall–Kier alpha value is -0.0800. The molecule has 60 valence electrons. The van der Waals surface area contributed by atoms with E-state index in [1.807, 2.05) is 0 Å². The molecule has 1 heterocycles. The van der Waals surface area contributed by atoms with Crippen LogP contribution in [0.25, 0.3) is 0 Å². The maximum Gasteiger partial charge on any atom is 0.0967 e. The molecule has 1 N–H and O–H groups in total. The van der Waals surface area contributed by atoms with E-state index in [-0.39, 0.29) is 0 Å². The van der Waals surface area contributed by atoms with Crippen molar-refractivity contribution in [2.24, 2.45) is 11.8 Å². The van der Waals surface area contributed by atoms with Crippen LogP contribution in [0.1, 0.15) is 20.8 Å². The molecule has 0 radical (unpaired) electrons. The van der Waals surface area contributed by atoms with Crippen molar-refractivity contribution in [3.05, 3.63) is 0 Å². The molecule has 10 heavy (non-hydrogen) atoms. The first-order valence-corrected chi connectivity index (χ1v) is 4.03. The Morgan fingerprint density at radius 1 is 1.50 bits per heavy atom. The molecule has 2 unspecified atom stereocenters. The van der Waals surface area contributed by atoms with Gasteiger partial charge in [0, 0.05) is 6.04 Å². The van der Waals surface area contributed by atoms with E-state index in [1.54, 1.807) is 0 Å². The van der Waals surface area contributed by atoms with Crippen LogP contribution >= 0.6 is 0 Å². The van der Waals surface area contributed by atoms with Gasteiger partial charge in [-0.15, -0.1) is 0 Å². The first-order valence-electron chi connectivity index (χ1n) is 4.03. The molecule has 0 aliphatic carbocycles. The van der Waals surface area contributed by atoms with Crippen LogP contribution in [0.3, 0.4) is 0 Å². The molecular formula is C8H17NO. The van der Waals surface area contributed by atoms with E-state index >= 15 is 0 Å². The molecule has 0 aromatic carbocycles. The Morgan fingerprint density at radius 3 is 2.60 bits per heavy atom. The minimum atomic E-state index is 0.619. The molecule has 1 saturated heterocycles. The van der Waals surface area contributed by atoms with Crippen molar-refractivity contribution < 1.29 is 4.74 Å². The zero-order valence-corrected chi connectivity index (χ0v) is 7.05. The standard InChI is InChI=1S/C8H17NO/c1-6(2)8-4-10-5-9-7(8)3/h6-9H,4-5H2,1-3H3. The van der Waals surface area contributed by atoms with Crippen LogP contribution in [-0.2, 0) is 4.74 Å². The summed E-state index contributed by atoms with van der Waals surface area (Å²) in [5.74, 6) is 1.41. The Labute approximate surface area is 63.0 Å². The van der Waals surface area contributed by atoms with Crippen LogP contribution in [0.4, 0.5) is 0 Å². The zero-order chi connectivity index (χ0) is 7.56. The Balaban J connectivity index is 2.40. The lowest BCUT2D eigenvalue weighted by Gasteiger charge is -2.32. The molecule has 2 atom stereocenters. The van der Waals surface area contributed by atoms with Gasteiger partial charge in [0.05, 0.1) is 13.3 Å². The van der Waals surface area contributed by atoms with Gasteiger partial charge in [-0.1, -0.05) is 13.8 Å². The third-order valence-electron chi connectivity index (χ3n) is 2.32. The second-order valence-corrected chi connectivity index (χ2v) is 3.42. The number of hydrogen-bond acceptors (Lipinski definition) is 2. The summed E-state index contributed by atoms with van der Waals surface area (Å²) in [5, 5.41) is 3.29. The zero-order valence-electron chi connectivity index (χ0n) is 7.05. The van der Waals surface area contributed by atoms with Gasteiger partial charge in [-0.05, 0) is 18.8 Å². The molecular weight excluding hydrogens is 126 g/mol. The van der Waals surface area contributed by atoms with Crippen LogP contribution in [0.15, 0.2) is 0 Å². The number of hydrogen-bond donors (Lipinski definition) is 1. The lowest BCUT2D eigenvalue weighted by atomic mass is 9.89. The first kappa shape index (κ1) is 8.02. The van der Waals surface area contributed by atoms with Gasteiger partial charge in [-0.3, -0.25) is 5.32 Å². The molecule has 0 amide bonds. The highest BCUT2D eigenvalue weighted by Gasteiger charge is 2.23. The van der Waals surface area contributed by atoms with E-state index in [1.165, 1.54) is 0 Å². The van der Waals surface area contributed by atoms with Crippen LogP contribution in [0, 0.1) is 11.8 Å². The van der Waals surface area contributed by atoms with Gasteiger partial charge < -0.3 is 4.74 Å². The third kappa shape index (κ3) is 1.70. The smallest absolute Gasteiger partial charge is 0.0967 e. The fraction of sp³-hybridized carbons (Fsp3) is 1.00. The van der Waals surface area contributed by atoms with E-state index < -0.39 is 0 Å². The molecule has 1 aliphatic rings. The minimum absolute atomic E-state index is 0.619. The average Bonchev–Trinajstić information content (AvgIpc) is 1.88. The maximum atomic E-state index is 5.30. The molecule has 1 rings (SSSR count). The monoisotopic (exact) mass is 143 g/mol. The third-order valence-corrected chi connectivity index (χ3v) is 2.32. The molecule has 2 heteroatoms. The van der Waals surface area contributed by atoms with Crippen molar-refractivity contribution in [2.75, 3.05) is 13.3 Å². The van der Waals surface area contributed by atoms with Gasteiger partial charge in [0.2, 0.25) is 0 Å². The molecule has 1 fully saturated rings. The molecule has 0 saturated carbocycles. The molecule has 0 aromatic heterocycles. The number of ether oxygens (including phenoxy) is 1. The van der Waals surface area contributed by atoms with Gasteiger partial charge in [0.15, 0.2) is 0 Å². The van der Waals surface area contributed by atoms with Crippen molar-refractivity contribution in [1.82, 2.24) is 5.32 Å². The molecule has 1 aliphatic heterocycles. The molecule has 0 bridgehead atoms. The summed E-state index contributed by atoms with van der Waals surface area (Å²) in [6.07, 6.45) is 0. The van der Waals surface area contributed by atoms with Gasteiger partial charge in [-0.2, -0.15) is 0 Å². The number of nitrogens with one attached hydrogen (secondary N) is 1. The van der Waals surface area contributed by atoms with E-state index in [0.29, 0.717) is 12.0 Å². The molecule has 0 aromatic rings. The maximum absolute atomic E-state index is 5.30. The van der Waals surface area contributed by atoms with E-state index in [9.17, 15) is 0 Å². The Kier molecular flexibility index (Phi) is 2.69. The SMILES string of the molecule is CC(C)C1COCNC1C. The molecule has 2 nitrogen and oxygen atoms in total. The summed E-state index contributed by atoms with van der Waals surface area (Å²) in [6, 6.07) is 0.619. The summed E-state index contributed by atoms with van der Waals surface area (Å²) in [7, 11) is 0. The Bertz CT molecular complexity index is 103. The number of rotatable bonds is 1. The highest BCUT2D eigenvalue weighted by molar-refractivity contribution is 4.76. The Morgan fingerprint density at radius 2 is 2.20 bits per heavy atom. The summed E-state index contributed by atoms with van der Waals surface area (Å²) in [4.78, 5) is 0. The lowest BCUT2D eigenvalue weighted by Crippen LogP contribution is -2.45. The minimum Gasteiger partial charge on any atom is -0.366 e. The second kappa shape index (κ2) is 3.35. The van der Waals surface area contributed by atoms with Gasteiger partial charge in [-0.25, -0.2) is 0 Å². The van der Waals surface area contributed by atoms with Gasteiger partial charge >= 0.3 is 0 Å². The lowest BCUT2D eigenvalue weighted by molar-refractivity contribution is 0.00523. The summed E-state index contributed by atoms with van der Waals surface area (Å²) < 4.78 is 5.30. The van der Waals surface area contributed by atoms with Crippen LogP contribution in [-0.4, -0.2) is 19.4 Å². The van der Waals surface area contributed by atoms with Crippen molar-refractivity contribution in [3.8, 4) is 0 Å². The van der Waals surface area contributed by atoms with Gasteiger partial charge in [0.25, 0.3) is 0 Å². The van der Waals surface area contributed by atoms with Crippen molar-refractivity contribution in [2.45, 2.75) is 26.8 Å². The molecule has 0 spiro atoms. The normalized spacial score (nSPS) is 34.8. The highest BCUT2D eigenvalue weighted by Crippen LogP contribution is 2.17. The van der Waals surface area contributed by atoms with Crippen molar-refractivity contribution >= 4 is 0 Å². The van der Waals surface area contributed by atoms with Gasteiger partial charge in [0.1, 0.15) is 0 Å². The van der Waals surface area contributed by atoms with E-state index in [4.69, 9.17) is 4.74 Å². The summed E-state index contributed by atoms with van der Waals surface area (Å²) >= 11 is 0. The second-order valence-electron chi connectivity index (χ2n) is 3.42. The summed E-state index contributed by atoms with van der Waals surface area (Å²) in [6.45, 7) is 8.37.